The van der Waals surface area contributed by atoms with E-state index < -0.39 is 49.8 Å². The van der Waals surface area contributed by atoms with Gasteiger partial charge in [-0.15, -0.1) is 0 Å². The SMILES string of the molecule is COC(=O)C[C@]12C=C[C@H]3N(C(=O)OC(C)(C)C)c4c(cc([C@]56CCN[C@@]7(CCC(=O)N7c7cc(OS(=O)(=O)c8ccc(C)cc8)ccc75)C6=O)c(OC)c4OC)[C@]34CCN(CCC1)[C@H]24. The number of amides is 2. The molecule has 3 aromatic carbocycles. The minimum Gasteiger partial charge on any atom is -0.492 e. The highest BCUT2D eigenvalue weighted by Crippen LogP contribution is 2.68. The van der Waals surface area contributed by atoms with Gasteiger partial charge in [-0.3, -0.25) is 34.4 Å². The maximum absolute atomic E-state index is 15.9. The van der Waals surface area contributed by atoms with Gasteiger partial charge in [-0.1, -0.05) is 35.9 Å². The maximum atomic E-state index is 15.9. The molecule has 1 N–H and O–H groups in total. The predicted molar refractivity (Wildman–Crippen MR) is 234 cm³/mol. The molecular weight excluding hydrogens is 841 g/mol. The predicted octanol–water partition coefficient (Wildman–Crippen LogP) is 5.81. The molecule has 6 heterocycles. The molecule has 0 radical (unpaired) electrons. The molecule has 2 spiro atoms. The Balaban J connectivity index is 1.23. The van der Waals surface area contributed by atoms with Gasteiger partial charge in [0.05, 0.1) is 50.6 Å². The summed E-state index contributed by atoms with van der Waals surface area (Å²) in [6.07, 6.45) is 6.47. The highest BCUT2D eigenvalue weighted by atomic mass is 32.2. The average Bonchev–Trinajstić information content (AvgIpc) is 3.90. The normalized spacial score (nSPS) is 29.9. The molecule has 64 heavy (non-hydrogen) atoms. The van der Waals surface area contributed by atoms with Crippen molar-refractivity contribution in [2.75, 3.05) is 50.8 Å². The second-order valence-corrected chi connectivity index (χ2v) is 20.9. The number of anilines is 2. The van der Waals surface area contributed by atoms with Crippen LogP contribution in [0.25, 0.3) is 0 Å². The number of ketones is 1. The van der Waals surface area contributed by atoms with Gasteiger partial charge >= 0.3 is 22.2 Å². The summed E-state index contributed by atoms with van der Waals surface area (Å²) in [7, 11) is 0.137. The van der Waals surface area contributed by atoms with Crippen molar-refractivity contribution in [3.63, 3.8) is 0 Å². The molecule has 4 fully saturated rings. The molecule has 16 heteroatoms. The number of hydrogen-bond donors (Lipinski definition) is 1. The topological polar surface area (TPSA) is 170 Å². The quantitative estimate of drug-likeness (QED) is 0.163. The third-order valence-electron chi connectivity index (χ3n) is 15.0. The number of ether oxygens (including phenoxy) is 4. The molecule has 2 amide bonds. The van der Waals surface area contributed by atoms with E-state index in [0.29, 0.717) is 42.0 Å². The number of hydrogen-bond acceptors (Lipinski definition) is 13. The van der Waals surface area contributed by atoms with Crippen molar-refractivity contribution in [3.8, 4) is 17.2 Å². The zero-order chi connectivity index (χ0) is 45.4. The van der Waals surface area contributed by atoms with Gasteiger partial charge in [-0.2, -0.15) is 8.42 Å². The molecule has 7 aliphatic rings. The van der Waals surface area contributed by atoms with Crippen LogP contribution in [0, 0.1) is 12.3 Å². The van der Waals surface area contributed by atoms with Crippen molar-refractivity contribution in [2.24, 2.45) is 5.41 Å². The largest absolute Gasteiger partial charge is 0.492 e. The number of esters is 1. The molecule has 10 rings (SSSR count). The van der Waals surface area contributed by atoms with Gasteiger partial charge in [-0.05, 0) is 108 Å². The molecule has 6 atom stereocenters. The van der Waals surface area contributed by atoms with E-state index in [2.05, 4.69) is 22.4 Å². The number of aryl methyl sites for hydroxylation is 1. The second-order valence-electron chi connectivity index (χ2n) is 19.4. The van der Waals surface area contributed by atoms with Gasteiger partial charge in [0.25, 0.3) is 0 Å². The van der Waals surface area contributed by atoms with Crippen molar-refractivity contribution >= 4 is 45.2 Å². The van der Waals surface area contributed by atoms with Crippen LogP contribution in [0.15, 0.2) is 65.6 Å². The first-order chi connectivity index (χ1) is 30.4. The molecule has 2 bridgehead atoms. The Labute approximate surface area is 373 Å². The van der Waals surface area contributed by atoms with Gasteiger partial charge in [0.2, 0.25) is 5.91 Å². The van der Waals surface area contributed by atoms with E-state index >= 15 is 4.79 Å². The summed E-state index contributed by atoms with van der Waals surface area (Å²) in [5.74, 6) is -0.402. The maximum Gasteiger partial charge on any atom is 0.415 e. The summed E-state index contributed by atoms with van der Waals surface area (Å²) in [5.41, 5.74) is -1.76. The Bertz CT molecular complexity index is 2680. The van der Waals surface area contributed by atoms with E-state index in [-0.39, 0.29) is 71.5 Å². The van der Waals surface area contributed by atoms with Crippen LogP contribution in [-0.2, 0) is 44.8 Å². The molecule has 0 unspecified atom stereocenters. The molecule has 6 aliphatic heterocycles. The minimum absolute atomic E-state index is 0.0238. The summed E-state index contributed by atoms with van der Waals surface area (Å²) in [6.45, 7) is 9.15. The highest BCUT2D eigenvalue weighted by Gasteiger charge is 2.71. The van der Waals surface area contributed by atoms with Gasteiger partial charge in [0.15, 0.2) is 22.9 Å². The van der Waals surface area contributed by atoms with Gasteiger partial charge in [0.1, 0.15) is 16.2 Å². The van der Waals surface area contributed by atoms with Gasteiger partial charge in [0, 0.05) is 41.3 Å². The standard InChI is InChI=1S/C48H54N4O11S/c1-28-9-12-30(13-10-28)64(57,58)63-29-11-14-31-34(25-29)52-36(53)16-19-48(52)42(55)46(31,20-22-49-48)33-26-32-38(40(61-7)39(33)60-6)51(43(56)62-44(2,3)4)35-15-18-45(27-37(54)59-5)17-8-23-50-24-21-47(32,35)41(45)50/h9-15,18,25-26,35,41,49H,8,16-17,19-24,27H2,1-7H3/t35-,41-,45-,46+,47-,48-/m1/s1. The number of carbonyl (C=O) groups is 4. The van der Waals surface area contributed by atoms with Crippen LogP contribution in [-0.4, -0.2) is 101 Å². The first kappa shape index (κ1) is 42.5. The molecule has 15 nitrogen and oxygen atoms in total. The first-order valence-electron chi connectivity index (χ1n) is 22.0. The van der Waals surface area contributed by atoms with Gasteiger partial charge in [-0.25, -0.2) is 4.79 Å². The van der Waals surface area contributed by atoms with Crippen LogP contribution in [0.3, 0.4) is 0 Å². The smallest absolute Gasteiger partial charge is 0.415 e. The Morgan fingerprint density at radius 1 is 0.891 bits per heavy atom. The average molecular weight is 895 g/mol. The van der Waals surface area contributed by atoms with E-state index in [0.717, 1.165) is 30.5 Å². The zero-order valence-corrected chi connectivity index (χ0v) is 38.1. The van der Waals surface area contributed by atoms with Gasteiger partial charge < -0.3 is 23.1 Å². The van der Waals surface area contributed by atoms with Crippen LogP contribution >= 0.6 is 0 Å². The van der Waals surface area contributed by atoms with E-state index in [1.807, 2.05) is 33.8 Å². The molecule has 0 aromatic heterocycles. The van der Waals surface area contributed by atoms with Crippen molar-refractivity contribution in [2.45, 2.75) is 112 Å². The van der Waals surface area contributed by atoms with Crippen LogP contribution < -0.4 is 28.8 Å². The third-order valence-corrected chi connectivity index (χ3v) is 16.3. The number of methoxy groups -OCH3 is 3. The van der Waals surface area contributed by atoms with Crippen LogP contribution in [0.2, 0.25) is 0 Å². The number of carbonyl (C=O) groups excluding carboxylic acids is 4. The second kappa shape index (κ2) is 14.3. The van der Waals surface area contributed by atoms with E-state index in [4.69, 9.17) is 23.1 Å². The third kappa shape index (κ3) is 5.66. The lowest BCUT2D eigenvalue weighted by molar-refractivity contribution is -0.145. The first-order valence-corrected chi connectivity index (χ1v) is 23.4. The summed E-state index contributed by atoms with van der Waals surface area (Å²) >= 11 is 0. The lowest BCUT2D eigenvalue weighted by Crippen LogP contribution is -2.73. The molecule has 338 valence electrons. The summed E-state index contributed by atoms with van der Waals surface area (Å²) in [4.78, 5) is 63.6. The number of nitrogens with one attached hydrogen (secondary N) is 1. The Morgan fingerprint density at radius 3 is 2.34 bits per heavy atom. The van der Waals surface area contributed by atoms with Crippen molar-refractivity contribution in [1.82, 2.24) is 10.2 Å². The Hall–Kier alpha value is -5.45. The van der Waals surface area contributed by atoms with Crippen molar-refractivity contribution in [3.05, 3.63) is 82.9 Å². The monoisotopic (exact) mass is 894 g/mol. The number of benzene rings is 3. The lowest BCUT2D eigenvalue weighted by atomic mass is 9.54. The fraction of sp³-hybridized carbons (Fsp3) is 0.500. The highest BCUT2D eigenvalue weighted by molar-refractivity contribution is 7.87. The van der Waals surface area contributed by atoms with Crippen LogP contribution in [0.5, 0.6) is 17.2 Å². The number of Topliss-reactive ketones (excluding diaryl/α,β-unsaturated/α-hetero) is 1. The van der Waals surface area contributed by atoms with Crippen molar-refractivity contribution < 1.29 is 50.7 Å². The summed E-state index contributed by atoms with van der Waals surface area (Å²) in [5, 5.41) is 3.43. The van der Waals surface area contributed by atoms with Crippen LogP contribution in [0.1, 0.15) is 88.0 Å². The fourth-order valence-electron chi connectivity index (χ4n) is 12.8. The van der Waals surface area contributed by atoms with E-state index in [9.17, 15) is 22.8 Å². The van der Waals surface area contributed by atoms with Crippen LogP contribution in [0.4, 0.5) is 16.2 Å². The lowest BCUT2D eigenvalue weighted by Gasteiger charge is -2.56. The number of rotatable bonds is 8. The Kier molecular flexibility index (Phi) is 9.48. The number of piperidine rings is 2. The molecule has 0 saturated carbocycles. The van der Waals surface area contributed by atoms with E-state index in [1.54, 1.807) is 23.1 Å². The zero-order valence-electron chi connectivity index (χ0n) is 37.2. The summed E-state index contributed by atoms with van der Waals surface area (Å²) in [6, 6.07) is 12.3. The van der Waals surface area contributed by atoms with Crippen molar-refractivity contribution in [1.29, 1.82) is 0 Å². The fourth-order valence-corrected chi connectivity index (χ4v) is 13.7. The molecule has 3 aromatic rings. The minimum atomic E-state index is -4.29. The number of fused-ring (bicyclic) bond motifs is 5. The molecule has 4 saturated heterocycles. The van der Waals surface area contributed by atoms with E-state index in [1.165, 1.54) is 50.5 Å². The Morgan fingerprint density at radius 2 is 1.64 bits per heavy atom. The molecular formula is C48H54N4O11S. The number of nitrogens with zero attached hydrogens (tertiary/aromatic N) is 3. The molecule has 1 aliphatic carbocycles. The summed E-state index contributed by atoms with van der Waals surface area (Å²) < 4.78 is 57.2.